The fourth-order valence-corrected chi connectivity index (χ4v) is 3.91. The molecule has 1 atom stereocenters. The maximum atomic E-state index is 13.7. The number of nitrogens with two attached hydrogens (primary N) is 1. The zero-order valence-electron chi connectivity index (χ0n) is 16.2. The van der Waals surface area contributed by atoms with Crippen molar-refractivity contribution in [1.29, 1.82) is 0 Å². The zero-order chi connectivity index (χ0) is 20.5. The van der Waals surface area contributed by atoms with E-state index >= 15 is 0 Å². The molecule has 1 saturated heterocycles. The molecule has 1 aromatic heterocycles. The summed E-state index contributed by atoms with van der Waals surface area (Å²) >= 11 is 0. The van der Waals surface area contributed by atoms with Crippen LogP contribution in [0.25, 0.3) is 11.3 Å². The van der Waals surface area contributed by atoms with E-state index in [-0.39, 0.29) is 23.3 Å². The number of aryl methyl sites for hydroxylation is 1. The molecule has 0 bridgehead atoms. The molecule has 2 aliphatic heterocycles. The van der Waals surface area contributed by atoms with Crippen molar-refractivity contribution >= 4 is 11.8 Å². The van der Waals surface area contributed by atoms with Gasteiger partial charge in [-0.2, -0.15) is 5.10 Å². The summed E-state index contributed by atoms with van der Waals surface area (Å²) in [5.41, 5.74) is 7.86. The first kappa shape index (κ1) is 19.5. The summed E-state index contributed by atoms with van der Waals surface area (Å²) in [6.07, 6.45) is 1.54. The van der Waals surface area contributed by atoms with Crippen molar-refractivity contribution in [3.63, 3.8) is 0 Å². The van der Waals surface area contributed by atoms with Crippen molar-refractivity contribution in [3.8, 4) is 11.3 Å². The van der Waals surface area contributed by atoms with Crippen molar-refractivity contribution in [2.24, 2.45) is 5.73 Å². The van der Waals surface area contributed by atoms with Crippen LogP contribution in [0.4, 0.5) is 4.39 Å². The van der Waals surface area contributed by atoms with Gasteiger partial charge in [0.15, 0.2) is 0 Å². The Kier molecular flexibility index (Phi) is 5.33. The smallest absolute Gasteiger partial charge is 0.252 e. The molecule has 0 spiro atoms. The molecule has 8 nitrogen and oxygen atoms in total. The number of benzene rings is 1. The van der Waals surface area contributed by atoms with E-state index in [9.17, 15) is 14.0 Å². The first-order valence-corrected chi connectivity index (χ1v) is 9.72. The van der Waals surface area contributed by atoms with Gasteiger partial charge in [0.2, 0.25) is 5.91 Å². The largest absolute Gasteiger partial charge is 0.381 e. The maximum Gasteiger partial charge on any atom is 0.252 e. The Bertz CT molecular complexity index is 952. The molecule has 1 fully saturated rings. The minimum atomic E-state index is -0.629. The van der Waals surface area contributed by atoms with E-state index in [1.54, 1.807) is 23.7 Å². The number of ether oxygens (including phenoxy) is 1. The minimum absolute atomic E-state index is 0.0621. The Balaban J connectivity index is 1.70. The van der Waals surface area contributed by atoms with Crippen LogP contribution in [0.2, 0.25) is 0 Å². The molecule has 29 heavy (non-hydrogen) atoms. The number of amides is 2. The highest BCUT2D eigenvalue weighted by molar-refractivity contribution is 6.00. The molecule has 154 valence electrons. The third-order valence-electron chi connectivity index (χ3n) is 5.48. The number of fused-ring (bicyclic) bond motifs is 1. The van der Waals surface area contributed by atoms with Crippen molar-refractivity contribution in [2.45, 2.75) is 38.4 Å². The number of carbonyl (C=O) groups excluding carboxylic acids is 2. The molecule has 4 N–H and O–H groups in total. The van der Waals surface area contributed by atoms with E-state index in [0.29, 0.717) is 48.8 Å². The topological polar surface area (TPSA) is 111 Å². The van der Waals surface area contributed by atoms with Crippen LogP contribution < -0.4 is 16.4 Å². The minimum Gasteiger partial charge on any atom is -0.381 e. The SMILES string of the molecule is Cc1cc(-c2nn3c(c2C(N)=O)CNCC3C(=O)NC2CCOCC2)ccc1F. The monoisotopic (exact) mass is 401 g/mol. The van der Waals surface area contributed by atoms with Gasteiger partial charge in [0.05, 0.1) is 11.3 Å². The van der Waals surface area contributed by atoms with Gasteiger partial charge in [0.25, 0.3) is 5.91 Å². The van der Waals surface area contributed by atoms with Crippen molar-refractivity contribution < 1.29 is 18.7 Å². The van der Waals surface area contributed by atoms with Crippen LogP contribution in [-0.4, -0.2) is 47.4 Å². The number of aromatic nitrogens is 2. The van der Waals surface area contributed by atoms with Gasteiger partial charge in [-0.3, -0.25) is 14.3 Å². The molecular weight excluding hydrogens is 377 g/mol. The molecule has 4 rings (SSSR count). The second-order valence-electron chi connectivity index (χ2n) is 7.49. The van der Waals surface area contributed by atoms with Crippen molar-refractivity contribution in [2.75, 3.05) is 19.8 Å². The Hall–Kier alpha value is -2.78. The highest BCUT2D eigenvalue weighted by atomic mass is 19.1. The third kappa shape index (κ3) is 3.75. The first-order valence-electron chi connectivity index (χ1n) is 9.72. The number of halogens is 1. The molecule has 0 aliphatic carbocycles. The first-order chi connectivity index (χ1) is 14.0. The van der Waals surface area contributed by atoms with Crippen LogP contribution in [0.5, 0.6) is 0 Å². The van der Waals surface area contributed by atoms with Crippen LogP contribution in [0, 0.1) is 12.7 Å². The molecule has 1 unspecified atom stereocenters. The van der Waals surface area contributed by atoms with Crippen molar-refractivity contribution in [1.82, 2.24) is 20.4 Å². The molecule has 0 radical (unpaired) electrons. The molecule has 0 saturated carbocycles. The average molecular weight is 401 g/mol. The Morgan fingerprint density at radius 1 is 1.34 bits per heavy atom. The summed E-state index contributed by atoms with van der Waals surface area (Å²) < 4.78 is 20.6. The lowest BCUT2D eigenvalue weighted by Crippen LogP contribution is -2.47. The van der Waals surface area contributed by atoms with Crippen molar-refractivity contribution in [3.05, 3.63) is 40.8 Å². The lowest BCUT2D eigenvalue weighted by atomic mass is 10.0. The lowest BCUT2D eigenvalue weighted by molar-refractivity contribution is -0.126. The quantitative estimate of drug-likeness (QED) is 0.709. The Morgan fingerprint density at radius 2 is 2.10 bits per heavy atom. The zero-order valence-corrected chi connectivity index (χ0v) is 16.2. The number of primary amides is 1. The number of nitrogens with one attached hydrogen (secondary N) is 2. The van der Waals surface area contributed by atoms with Gasteiger partial charge >= 0.3 is 0 Å². The highest BCUT2D eigenvalue weighted by Gasteiger charge is 2.34. The summed E-state index contributed by atoms with van der Waals surface area (Å²) in [5.74, 6) is -1.13. The number of hydrogen-bond acceptors (Lipinski definition) is 5. The van der Waals surface area contributed by atoms with Gasteiger partial charge in [-0.1, -0.05) is 0 Å². The molecule has 2 amide bonds. The van der Waals surface area contributed by atoms with E-state index in [2.05, 4.69) is 15.7 Å². The van der Waals surface area contributed by atoms with E-state index < -0.39 is 11.9 Å². The van der Waals surface area contributed by atoms with Crippen LogP contribution >= 0.6 is 0 Å². The van der Waals surface area contributed by atoms with E-state index in [4.69, 9.17) is 10.5 Å². The fourth-order valence-electron chi connectivity index (χ4n) is 3.91. The lowest BCUT2D eigenvalue weighted by Gasteiger charge is -2.29. The Labute approximate surface area is 167 Å². The van der Waals surface area contributed by atoms with Gasteiger partial charge in [0.1, 0.15) is 17.6 Å². The summed E-state index contributed by atoms with van der Waals surface area (Å²) in [7, 11) is 0. The van der Waals surface area contributed by atoms with E-state index in [1.807, 2.05) is 0 Å². The summed E-state index contributed by atoms with van der Waals surface area (Å²) in [6, 6.07) is 3.98. The van der Waals surface area contributed by atoms with Crippen LogP contribution in [0.1, 0.15) is 40.5 Å². The molecule has 2 aromatic rings. The van der Waals surface area contributed by atoms with Gasteiger partial charge < -0.3 is 21.1 Å². The van der Waals surface area contributed by atoms with Gasteiger partial charge in [0, 0.05) is 37.9 Å². The second kappa shape index (κ2) is 7.92. The van der Waals surface area contributed by atoms with E-state index in [1.165, 1.54) is 6.07 Å². The molecule has 2 aliphatic rings. The van der Waals surface area contributed by atoms with Gasteiger partial charge in [-0.25, -0.2) is 4.39 Å². The molecule has 1 aromatic carbocycles. The predicted octanol–water partition coefficient (Wildman–Crippen LogP) is 1.04. The van der Waals surface area contributed by atoms with Crippen LogP contribution in [0.15, 0.2) is 18.2 Å². The molecule has 3 heterocycles. The predicted molar refractivity (Wildman–Crippen MR) is 104 cm³/mol. The van der Waals surface area contributed by atoms with Crippen LogP contribution in [-0.2, 0) is 16.1 Å². The molecular formula is C20H24FN5O3. The number of carbonyl (C=O) groups is 2. The van der Waals surface area contributed by atoms with Crippen LogP contribution in [0.3, 0.4) is 0 Å². The summed E-state index contributed by atoms with van der Waals surface area (Å²) in [6.45, 7) is 3.66. The standard InChI is InChI=1S/C20H24FN5O3/c1-11-8-12(2-3-14(11)21)18-17(19(22)27)15-9-23-10-16(26(15)25-18)20(28)24-13-4-6-29-7-5-13/h2-3,8,13,16,23H,4-7,9-10H2,1H3,(H2,22,27)(H,24,28). The number of rotatable bonds is 4. The highest BCUT2D eigenvalue weighted by Crippen LogP contribution is 2.30. The fraction of sp³-hybridized carbons (Fsp3) is 0.450. The summed E-state index contributed by atoms with van der Waals surface area (Å²) in [5, 5.41) is 10.8. The van der Waals surface area contributed by atoms with Gasteiger partial charge in [-0.15, -0.1) is 0 Å². The summed E-state index contributed by atoms with van der Waals surface area (Å²) in [4.78, 5) is 25.2. The normalized spacial score (nSPS) is 19.6. The van der Waals surface area contributed by atoms with Gasteiger partial charge in [-0.05, 0) is 43.5 Å². The molecule has 9 heteroatoms. The third-order valence-corrected chi connectivity index (χ3v) is 5.48. The van der Waals surface area contributed by atoms with E-state index in [0.717, 1.165) is 12.8 Å². The number of nitrogens with zero attached hydrogens (tertiary/aromatic N) is 2. The average Bonchev–Trinajstić information content (AvgIpc) is 3.10. The number of hydrogen-bond donors (Lipinski definition) is 3. The second-order valence-corrected chi connectivity index (χ2v) is 7.49. The Morgan fingerprint density at radius 3 is 2.79 bits per heavy atom. The maximum absolute atomic E-state index is 13.7.